The van der Waals surface area contributed by atoms with Gasteiger partial charge in [-0.05, 0) is 37.1 Å². The van der Waals surface area contributed by atoms with Gasteiger partial charge in [-0.2, -0.15) is 0 Å². The number of nitrogens with two attached hydrogens (primary N) is 1. The molecule has 0 amide bonds. The third kappa shape index (κ3) is 1.98. The van der Waals surface area contributed by atoms with Gasteiger partial charge in [0, 0.05) is 17.8 Å². The van der Waals surface area contributed by atoms with Gasteiger partial charge in [-0.1, -0.05) is 0 Å². The van der Waals surface area contributed by atoms with E-state index in [0.717, 1.165) is 18.5 Å². The number of hydrogen-bond acceptors (Lipinski definition) is 2. The van der Waals surface area contributed by atoms with E-state index in [4.69, 9.17) is 5.73 Å². The van der Waals surface area contributed by atoms with Crippen molar-refractivity contribution in [2.75, 3.05) is 5.32 Å². The van der Waals surface area contributed by atoms with Crippen molar-refractivity contribution in [3.05, 3.63) is 30.1 Å². The SMILES string of the molecule is N[C@H]1C[C@@H](Nc2ccc(F)cc2)C1. The van der Waals surface area contributed by atoms with Gasteiger partial charge in [0.2, 0.25) is 0 Å². The summed E-state index contributed by atoms with van der Waals surface area (Å²) in [6.45, 7) is 0. The van der Waals surface area contributed by atoms with Crippen molar-refractivity contribution in [3.8, 4) is 0 Å². The first kappa shape index (κ1) is 8.51. The molecule has 3 heteroatoms. The van der Waals surface area contributed by atoms with E-state index < -0.39 is 0 Å². The van der Waals surface area contributed by atoms with Crippen molar-refractivity contribution >= 4 is 5.69 Å². The van der Waals surface area contributed by atoms with E-state index in [1.165, 1.54) is 12.1 Å². The highest BCUT2D eigenvalue weighted by Gasteiger charge is 2.25. The van der Waals surface area contributed by atoms with E-state index in [1.54, 1.807) is 12.1 Å². The maximum Gasteiger partial charge on any atom is 0.123 e. The van der Waals surface area contributed by atoms with Gasteiger partial charge in [0.05, 0.1) is 0 Å². The van der Waals surface area contributed by atoms with E-state index in [2.05, 4.69) is 5.32 Å². The number of anilines is 1. The first-order valence-corrected chi connectivity index (χ1v) is 4.52. The Morgan fingerprint density at radius 2 is 1.85 bits per heavy atom. The summed E-state index contributed by atoms with van der Waals surface area (Å²) < 4.78 is 12.5. The van der Waals surface area contributed by atoms with Gasteiger partial charge in [-0.3, -0.25) is 0 Å². The second-order valence-electron chi connectivity index (χ2n) is 3.58. The van der Waals surface area contributed by atoms with Crippen molar-refractivity contribution in [1.82, 2.24) is 0 Å². The lowest BCUT2D eigenvalue weighted by molar-refractivity contribution is 0.373. The maximum absolute atomic E-state index is 12.5. The molecule has 70 valence electrons. The second kappa shape index (κ2) is 3.34. The molecule has 1 aliphatic rings. The normalized spacial score (nSPS) is 26.6. The number of rotatable bonds is 2. The van der Waals surface area contributed by atoms with Crippen LogP contribution in [0, 0.1) is 5.82 Å². The van der Waals surface area contributed by atoms with E-state index in [1.807, 2.05) is 0 Å². The zero-order chi connectivity index (χ0) is 9.26. The van der Waals surface area contributed by atoms with E-state index >= 15 is 0 Å². The highest BCUT2D eigenvalue weighted by atomic mass is 19.1. The third-order valence-corrected chi connectivity index (χ3v) is 2.39. The molecule has 3 N–H and O–H groups in total. The fourth-order valence-electron chi connectivity index (χ4n) is 1.56. The Labute approximate surface area is 76.9 Å². The minimum atomic E-state index is -0.198. The maximum atomic E-state index is 12.5. The zero-order valence-electron chi connectivity index (χ0n) is 7.33. The van der Waals surface area contributed by atoms with Gasteiger partial charge in [0.15, 0.2) is 0 Å². The summed E-state index contributed by atoms with van der Waals surface area (Å²) in [7, 11) is 0. The monoisotopic (exact) mass is 180 g/mol. The Kier molecular flexibility index (Phi) is 2.19. The van der Waals surface area contributed by atoms with Crippen LogP contribution >= 0.6 is 0 Å². The number of benzene rings is 1. The van der Waals surface area contributed by atoms with Crippen molar-refractivity contribution in [2.45, 2.75) is 24.9 Å². The summed E-state index contributed by atoms with van der Waals surface area (Å²) in [6, 6.07) is 7.23. The van der Waals surface area contributed by atoms with Crippen LogP contribution in [0.5, 0.6) is 0 Å². The predicted octanol–water partition coefficient (Wildman–Crippen LogP) is 1.73. The molecule has 1 aromatic carbocycles. The van der Waals surface area contributed by atoms with Crippen LogP contribution < -0.4 is 11.1 Å². The molecular formula is C10H13FN2. The molecule has 1 fully saturated rings. The Bertz CT molecular complexity index is 277. The predicted molar refractivity (Wildman–Crippen MR) is 51.0 cm³/mol. The lowest BCUT2D eigenvalue weighted by Crippen LogP contribution is -2.44. The third-order valence-electron chi connectivity index (χ3n) is 2.39. The van der Waals surface area contributed by atoms with E-state index in [9.17, 15) is 4.39 Å². The average Bonchev–Trinajstić information content (AvgIpc) is 2.06. The van der Waals surface area contributed by atoms with Crippen LogP contribution in [0.4, 0.5) is 10.1 Å². The smallest absolute Gasteiger partial charge is 0.123 e. The zero-order valence-corrected chi connectivity index (χ0v) is 7.33. The van der Waals surface area contributed by atoms with Crippen molar-refractivity contribution in [1.29, 1.82) is 0 Å². The van der Waals surface area contributed by atoms with E-state index in [0.29, 0.717) is 12.1 Å². The molecule has 13 heavy (non-hydrogen) atoms. The van der Waals surface area contributed by atoms with Crippen LogP contribution in [0.2, 0.25) is 0 Å². The van der Waals surface area contributed by atoms with Gasteiger partial charge in [-0.15, -0.1) is 0 Å². The van der Waals surface area contributed by atoms with Crippen LogP contribution in [0.15, 0.2) is 24.3 Å². The molecule has 0 spiro atoms. The number of halogens is 1. The molecule has 2 rings (SSSR count). The van der Waals surface area contributed by atoms with Crippen LogP contribution in [0.1, 0.15) is 12.8 Å². The Morgan fingerprint density at radius 1 is 1.23 bits per heavy atom. The van der Waals surface area contributed by atoms with Gasteiger partial charge < -0.3 is 11.1 Å². The van der Waals surface area contributed by atoms with E-state index in [-0.39, 0.29) is 5.82 Å². The summed E-state index contributed by atoms with van der Waals surface area (Å²) in [5, 5.41) is 3.29. The topological polar surface area (TPSA) is 38.0 Å². The van der Waals surface area contributed by atoms with Gasteiger partial charge >= 0.3 is 0 Å². The molecule has 0 aliphatic heterocycles. The van der Waals surface area contributed by atoms with Gasteiger partial charge in [0.25, 0.3) is 0 Å². The van der Waals surface area contributed by atoms with Crippen LogP contribution in [0.25, 0.3) is 0 Å². The molecule has 0 heterocycles. The van der Waals surface area contributed by atoms with Gasteiger partial charge in [-0.25, -0.2) is 4.39 Å². The first-order valence-electron chi connectivity index (χ1n) is 4.52. The Hall–Kier alpha value is -1.09. The minimum Gasteiger partial charge on any atom is -0.382 e. The molecule has 0 atom stereocenters. The molecule has 1 aliphatic carbocycles. The molecule has 0 aromatic heterocycles. The molecule has 1 aromatic rings. The molecule has 0 bridgehead atoms. The number of nitrogens with one attached hydrogen (secondary N) is 1. The Balaban J connectivity index is 1.91. The number of hydrogen-bond donors (Lipinski definition) is 2. The second-order valence-corrected chi connectivity index (χ2v) is 3.58. The minimum absolute atomic E-state index is 0.198. The Morgan fingerprint density at radius 3 is 2.38 bits per heavy atom. The van der Waals surface area contributed by atoms with Crippen LogP contribution in [-0.4, -0.2) is 12.1 Å². The molecule has 2 nitrogen and oxygen atoms in total. The van der Waals surface area contributed by atoms with Crippen molar-refractivity contribution in [2.24, 2.45) is 5.73 Å². The largest absolute Gasteiger partial charge is 0.382 e. The highest BCUT2D eigenvalue weighted by Crippen LogP contribution is 2.22. The van der Waals surface area contributed by atoms with Gasteiger partial charge in [0.1, 0.15) is 5.82 Å². The molecule has 0 radical (unpaired) electrons. The van der Waals surface area contributed by atoms with Crippen molar-refractivity contribution < 1.29 is 4.39 Å². The average molecular weight is 180 g/mol. The summed E-state index contributed by atoms with van der Waals surface area (Å²) in [4.78, 5) is 0. The fraction of sp³-hybridized carbons (Fsp3) is 0.400. The quantitative estimate of drug-likeness (QED) is 0.727. The summed E-state index contributed by atoms with van der Waals surface area (Å²) >= 11 is 0. The summed E-state index contributed by atoms with van der Waals surface area (Å²) in [6.07, 6.45) is 2.02. The summed E-state index contributed by atoms with van der Waals surface area (Å²) in [5.74, 6) is -0.198. The fourth-order valence-corrected chi connectivity index (χ4v) is 1.56. The lowest BCUT2D eigenvalue weighted by Gasteiger charge is -2.33. The highest BCUT2D eigenvalue weighted by molar-refractivity contribution is 5.44. The standard InChI is InChI=1S/C10H13FN2/c11-7-1-3-9(4-2-7)13-10-5-8(12)6-10/h1-4,8,10,13H,5-6,12H2/t8-,10+. The lowest BCUT2D eigenvalue weighted by atomic mass is 9.87. The van der Waals surface area contributed by atoms with Crippen LogP contribution in [0.3, 0.4) is 0 Å². The summed E-state index contributed by atoms with van der Waals surface area (Å²) in [5.41, 5.74) is 6.62. The molecular weight excluding hydrogens is 167 g/mol. The molecule has 0 unspecified atom stereocenters. The molecule has 1 saturated carbocycles. The van der Waals surface area contributed by atoms with Crippen LogP contribution in [-0.2, 0) is 0 Å². The first-order chi connectivity index (χ1) is 6.24. The van der Waals surface area contributed by atoms with Crippen molar-refractivity contribution in [3.63, 3.8) is 0 Å². The molecule has 0 saturated heterocycles.